The maximum absolute atomic E-state index is 11.9. The van der Waals surface area contributed by atoms with Gasteiger partial charge in [0.15, 0.2) is 9.84 Å². The van der Waals surface area contributed by atoms with Crippen LogP contribution in [0.4, 0.5) is 0 Å². The van der Waals surface area contributed by atoms with E-state index in [2.05, 4.69) is 4.98 Å². The first-order valence-electron chi connectivity index (χ1n) is 4.91. The maximum atomic E-state index is 11.9. The Morgan fingerprint density at radius 1 is 1.25 bits per heavy atom. The summed E-state index contributed by atoms with van der Waals surface area (Å²) in [4.78, 5) is 4.26. The van der Waals surface area contributed by atoms with Crippen LogP contribution >= 0.6 is 0 Å². The maximum Gasteiger partial charge on any atom is 0.180 e. The van der Waals surface area contributed by atoms with E-state index in [1.807, 2.05) is 6.07 Å². The highest BCUT2D eigenvalue weighted by molar-refractivity contribution is 7.91. The Kier molecular flexibility index (Phi) is 2.89. The molecule has 1 aromatic heterocycles. The van der Waals surface area contributed by atoms with Crippen molar-refractivity contribution in [2.45, 2.75) is 4.90 Å². The van der Waals surface area contributed by atoms with Crippen molar-refractivity contribution in [3.05, 3.63) is 36.7 Å². The second-order valence-electron chi connectivity index (χ2n) is 3.46. The molecule has 0 bridgehead atoms. The Balaban J connectivity index is 2.70. The predicted molar refractivity (Wildman–Crippen MR) is 62.9 cm³/mol. The largest absolute Gasteiger partial charge is 0.329 e. The van der Waals surface area contributed by atoms with E-state index >= 15 is 0 Å². The highest BCUT2D eigenvalue weighted by Crippen LogP contribution is 2.22. The van der Waals surface area contributed by atoms with Crippen molar-refractivity contribution in [2.24, 2.45) is 5.73 Å². The molecule has 0 saturated heterocycles. The van der Waals surface area contributed by atoms with E-state index in [1.165, 1.54) is 0 Å². The van der Waals surface area contributed by atoms with Gasteiger partial charge in [0.2, 0.25) is 0 Å². The summed E-state index contributed by atoms with van der Waals surface area (Å²) < 4.78 is 23.9. The molecule has 2 rings (SSSR count). The van der Waals surface area contributed by atoms with Crippen molar-refractivity contribution < 1.29 is 8.42 Å². The van der Waals surface area contributed by atoms with Gasteiger partial charge in [0, 0.05) is 24.3 Å². The van der Waals surface area contributed by atoms with E-state index in [0.29, 0.717) is 10.3 Å². The van der Waals surface area contributed by atoms with Crippen LogP contribution in [0.15, 0.2) is 41.6 Å². The van der Waals surface area contributed by atoms with E-state index in [1.54, 1.807) is 30.6 Å². The zero-order valence-electron chi connectivity index (χ0n) is 8.63. The van der Waals surface area contributed by atoms with Crippen molar-refractivity contribution in [2.75, 3.05) is 12.3 Å². The normalized spacial score (nSPS) is 11.8. The molecule has 1 aromatic carbocycles. The first-order chi connectivity index (χ1) is 7.65. The van der Waals surface area contributed by atoms with E-state index < -0.39 is 9.84 Å². The molecule has 0 amide bonds. The Labute approximate surface area is 94.0 Å². The summed E-state index contributed by atoms with van der Waals surface area (Å²) >= 11 is 0. The van der Waals surface area contributed by atoms with Crippen molar-refractivity contribution in [1.82, 2.24) is 4.98 Å². The fraction of sp³-hybridized carbons (Fsp3) is 0.182. The monoisotopic (exact) mass is 236 g/mol. The van der Waals surface area contributed by atoms with Gasteiger partial charge >= 0.3 is 0 Å². The molecular formula is C11H12N2O2S. The van der Waals surface area contributed by atoms with Crippen LogP contribution in [0.25, 0.3) is 10.8 Å². The Hall–Kier alpha value is -1.46. The number of hydrogen-bond donors (Lipinski definition) is 1. The third-order valence-electron chi connectivity index (χ3n) is 2.37. The van der Waals surface area contributed by atoms with Gasteiger partial charge in [-0.2, -0.15) is 0 Å². The molecule has 0 unspecified atom stereocenters. The number of fused-ring (bicyclic) bond motifs is 1. The van der Waals surface area contributed by atoms with Crippen LogP contribution in [0.1, 0.15) is 0 Å². The zero-order chi connectivity index (χ0) is 11.6. The van der Waals surface area contributed by atoms with Crippen LogP contribution < -0.4 is 5.73 Å². The molecule has 0 saturated carbocycles. The molecule has 0 spiro atoms. The molecule has 0 atom stereocenters. The zero-order valence-corrected chi connectivity index (χ0v) is 9.44. The van der Waals surface area contributed by atoms with Crippen LogP contribution in [-0.2, 0) is 9.84 Å². The molecule has 2 N–H and O–H groups in total. The van der Waals surface area contributed by atoms with Gasteiger partial charge in [-0.3, -0.25) is 4.98 Å². The number of benzene rings is 1. The highest BCUT2D eigenvalue weighted by Gasteiger charge is 2.16. The lowest BCUT2D eigenvalue weighted by molar-refractivity contribution is 0.596. The standard InChI is InChI=1S/C11H12N2O2S/c12-5-7-16(14,15)11-3-1-2-9-4-6-13-8-10(9)11/h1-4,6,8H,5,7,12H2. The second-order valence-corrected chi connectivity index (χ2v) is 5.54. The molecular weight excluding hydrogens is 224 g/mol. The number of nitrogens with two attached hydrogens (primary N) is 1. The molecule has 16 heavy (non-hydrogen) atoms. The number of rotatable bonds is 3. The lowest BCUT2D eigenvalue weighted by Crippen LogP contribution is -2.16. The third kappa shape index (κ3) is 1.91. The Bertz CT molecular complexity index is 603. The summed E-state index contributed by atoms with van der Waals surface area (Å²) in [6.07, 6.45) is 3.21. The summed E-state index contributed by atoms with van der Waals surface area (Å²) in [6.45, 7) is 0.124. The molecule has 0 aliphatic rings. The van der Waals surface area contributed by atoms with Gasteiger partial charge in [-0.05, 0) is 17.5 Å². The minimum Gasteiger partial charge on any atom is -0.329 e. The summed E-state index contributed by atoms with van der Waals surface area (Å²) in [5.74, 6) is -0.0407. The van der Waals surface area contributed by atoms with Crippen LogP contribution in [0, 0.1) is 0 Å². The molecule has 0 aliphatic carbocycles. The summed E-state index contributed by atoms with van der Waals surface area (Å²) in [6, 6.07) is 6.97. The van der Waals surface area contributed by atoms with E-state index in [-0.39, 0.29) is 12.3 Å². The number of sulfone groups is 1. The van der Waals surface area contributed by atoms with Gasteiger partial charge in [-0.15, -0.1) is 0 Å². The van der Waals surface area contributed by atoms with Gasteiger partial charge in [0.1, 0.15) is 0 Å². The molecule has 4 nitrogen and oxygen atoms in total. The molecule has 0 fully saturated rings. The molecule has 0 aliphatic heterocycles. The van der Waals surface area contributed by atoms with Gasteiger partial charge in [-0.25, -0.2) is 8.42 Å². The lowest BCUT2D eigenvalue weighted by Gasteiger charge is -2.06. The molecule has 1 heterocycles. The van der Waals surface area contributed by atoms with Crippen LogP contribution in [-0.4, -0.2) is 25.7 Å². The second kappa shape index (κ2) is 4.19. The first kappa shape index (κ1) is 11.0. The van der Waals surface area contributed by atoms with Crippen LogP contribution in [0.3, 0.4) is 0 Å². The van der Waals surface area contributed by atoms with Gasteiger partial charge < -0.3 is 5.73 Å². The first-order valence-corrected chi connectivity index (χ1v) is 6.56. The SMILES string of the molecule is NCCS(=O)(=O)c1cccc2ccncc12. The average Bonchev–Trinajstić information content (AvgIpc) is 2.28. The van der Waals surface area contributed by atoms with Crippen LogP contribution in [0.2, 0.25) is 0 Å². The molecule has 2 aromatic rings. The fourth-order valence-electron chi connectivity index (χ4n) is 1.62. The number of nitrogens with zero attached hydrogens (tertiary/aromatic N) is 1. The van der Waals surface area contributed by atoms with Crippen molar-refractivity contribution in [1.29, 1.82) is 0 Å². The average molecular weight is 236 g/mol. The fourth-order valence-corrected chi connectivity index (χ4v) is 2.94. The van der Waals surface area contributed by atoms with Crippen molar-refractivity contribution >= 4 is 20.6 Å². The number of hydrogen-bond acceptors (Lipinski definition) is 4. The van der Waals surface area contributed by atoms with E-state index in [4.69, 9.17) is 5.73 Å². The van der Waals surface area contributed by atoms with Gasteiger partial charge in [-0.1, -0.05) is 12.1 Å². The minimum atomic E-state index is -3.30. The third-order valence-corrected chi connectivity index (χ3v) is 4.16. The van der Waals surface area contributed by atoms with Crippen molar-refractivity contribution in [3.8, 4) is 0 Å². The topological polar surface area (TPSA) is 73.1 Å². The summed E-state index contributed by atoms with van der Waals surface area (Å²) in [7, 11) is -3.30. The van der Waals surface area contributed by atoms with Gasteiger partial charge in [0.25, 0.3) is 0 Å². The smallest absolute Gasteiger partial charge is 0.180 e. The minimum absolute atomic E-state index is 0.0407. The Morgan fingerprint density at radius 2 is 2.06 bits per heavy atom. The van der Waals surface area contributed by atoms with E-state index in [9.17, 15) is 8.42 Å². The Morgan fingerprint density at radius 3 is 2.81 bits per heavy atom. The summed E-state index contributed by atoms with van der Waals surface area (Å²) in [5, 5.41) is 1.52. The lowest BCUT2D eigenvalue weighted by atomic mass is 10.2. The molecule has 0 radical (unpaired) electrons. The highest BCUT2D eigenvalue weighted by atomic mass is 32.2. The van der Waals surface area contributed by atoms with E-state index in [0.717, 1.165) is 5.39 Å². The number of aromatic nitrogens is 1. The van der Waals surface area contributed by atoms with Crippen molar-refractivity contribution in [3.63, 3.8) is 0 Å². The molecule has 5 heteroatoms. The van der Waals surface area contributed by atoms with Gasteiger partial charge in [0.05, 0.1) is 10.6 Å². The molecule has 84 valence electrons. The summed E-state index contributed by atoms with van der Waals surface area (Å²) in [5.41, 5.74) is 5.30. The number of pyridine rings is 1. The quantitative estimate of drug-likeness (QED) is 0.861. The predicted octanol–water partition coefficient (Wildman–Crippen LogP) is 0.967. The van der Waals surface area contributed by atoms with Crippen LogP contribution in [0.5, 0.6) is 0 Å².